The van der Waals surface area contributed by atoms with Crippen LogP contribution in [0.3, 0.4) is 0 Å². The molecule has 0 unspecified atom stereocenters. The van der Waals surface area contributed by atoms with Crippen LogP contribution >= 0.6 is 0 Å². The molecule has 0 atom stereocenters. The van der Waals surface area contributed by atoms with Crippen LogP contribution in [0.5, 0.6) is 5.75 Å². The molecule has 0 fully saturated rings. The second-order valence-corrected chi connectivity index (χ2v) is 6.89. The molecule has 5 heteroatoms. The number of hydrogen-bond acceptors (Lipinski definition) is 3. The average molecular weight is 402 g/mol. The van der Waals surface area contributed by atoms with Gasteiger partial charge in [-0.1, -0.05) is 72.8 Å². The Labute approximate surface area is 177 Å². The minimum atomic E-state index is -0.238. The molecule has 0 saturated heterocycles. The molecule has 3 aromatic carbocycles. The Hall–Kier alpha value is -3.60. The molecule has 0 heterocycles. The maximum absolute atomic E-state index is 12.5. The van der Waals surface area contributed by atoms with E-state index in [-0.39, 0.29) is 18.4 Å². The SMILES string of the molecule is O=C(COc1ccccc1C(=O)NCc1ccccc1)NCCCc1ccccc1. The van der Waals surface area contributed by atoms with Crippen molar-refractivity contribution in [2.45, 2.75) is 19.4 Å². The summed E-state index contributed by atoms with van der Waals surface area (Å²) in [4.78, 5) is 24.6. The first-order valence-corrected chi connectivity index (χ1v) is 10.1. The molecular weight excluding hydrogens is 376 g/mol. The number of rotatable bonds is 10. The monoisotopic (exact) mass is 402 g/mol. The minimum Gasteiger partial charge on any atom is -0.483 e. The number of carbonyl (C=O) groups excluding carboxylic acids is 2. The van der Waals surface area contributed by atoms with Crippen LogP contribution in [0.1, 0.15) is 27.9 Å². The number of nitrogens with one attached hydrogen (secondary N) is 2. The molecule has 0 saturated carbocycles. The van der Waals surface area contributed by atoms with Gasteiger partial charge in [0.25, 0.3) is 11.8 Å². The normalized spacial score (nSPS) is 10.3. The first-order chi connectivity index (χ1) is 14.7. The van der Waals surface area contributed by atoms with Gasteiger partial charge in [-0.3, -0.25) is 9.59 Å². The summed E-state index contributed by atoms with van der Waals surface area (Å²) in [5, 5.41) is 5.74. The summed E-state index contributed by atoms with van der Waals surface area (Å²) in [6.07, 6.45) is 1.76. The van der Waals surface area contributed by atoms with Crippen molar-refractivity contribution in [3.8, 4) is 5.75 Å². The van der Waals surface area contributed by atoms with Gasteiger partial charge in [-0.05, 0) is 36.1 Å². The molecular formula is C25H26N2O3. The number of para-hydroxylation sites is 1. The molecule has 0 spiro atoms. The second-order valence-electron chi connectivity index (χ2n) is 6.89. The van der Waals surface area contributed by atoms with E-state index in [9.17, 15) is 9.59 Å². The molecule has 0 aliphatic heterocycles. The van der Waals surface area contributed by atoms with E-state index in [4.69, 9.17) is 4.74 Å². The van der Waals surface area contributed by atoms with Crippen molar-refractivity contribution in [2.24, 2.45) is 0 Å². The maximum Gasteiger partial charge on any atom is 0.257 e. The molecule has 154 valence electrons. The summed E-state index contributed by atoms with van der Waals surface area (Å²) >= 11 is 0. The van der Waals surface area contributed by atoms with Gasteiger partial charge >= 0.3 is 0 Å². The van der Waals surface area contributed by atoms with Crippen molar-refractivity contribution in [3.63, 3.8) is 0 Å². The Balaban J connectivity index is 1.43. The van der Waals surface area contributed by atoms with Crippen LogP contribution in [0.25, 0.3) is 0 Å². The Bertz CT molecular complexity index is 943. The van der Waals surface area contributed by atoms with Gasteiger partial charge in [0, 0.05) is 13.1 Å². The van der Waals surface area contributed by atoms with E-state index < -0.39 is 0 Å². The van der Waals surface area contributed by atoms with Crippen molar-refractivity contribution >= 4 is 11.8 Å². The van der Waals surface area contributed by atoms with E-state index in [0.717, 1.165) is 18.4 Å². The number of benzene rings is 3. The number of aryl methyl sites for hydroxylation is 1. The Morgan fingerprint density at radius 3 is 2.10 bits per heavy atom. The zero-order valence-corrected chi connectivity index (χ0v) is 16.8. The van der Waals surface area contributed by atoms with Crippen molar-refractivity contribution < 1.29 is 14.3 Å². The van der Waals surface area contributed by atoms with Gasteiger partial charge in [0.05, 0.1) is 5.56 Å². The Kier molecular flexibility index (Phi) is 8.03. The fourth-order valence-electron chi connectivity index (χ4n) is 3.01. The first-order valence-electron chi connectivity index (χ1n) is 10.1. The smallest absolute Gasteiger partial charge is 0.257 e. The number of ether oxygens (including phenoxy) is 1. The summed E-state index contributed by atoms with van der Waals surface area (Å²) in [5.74, 6) is -0.0530. The van der Waals surface area contributed by atoms with Crippen LogP contribution in [0, 0.1) is 0 Å². The second kappa shape index (κ2) is 11.4. The van der Waals surface area contributed by atoms with Crippen LogP contribution in [0.2, 0.25) is 0 Å². The topological polar surface area (TPSA) is 67.4 Å². The van der Waals surface area contributed by atoms with Gasteiger partial charge in [-0.25, -0.2) is 0 Å². The third-order valence-electron chi connectivity index (χ3n) is 4.59. The van der Waals surface area contributed by atoms with Gasteiger partial charge in [0.1, 0.15) is 5.75 Å². The van der Waals surface area contributed by atoms with Crippen LogP contribution < -0.4 is 15.4 Å². The predicted octanol–water partition coefficient (Wildman–Crippen LogP) is 3.74. The van der Waals surface area contributed by atoms with Crippen molar-refractivity contribution in [1.29, 1.82) is 0 Å². The van der Waals surface area contributed by atoms with Crippen molar-refractivity contribution in [2.75, 3.05) is 13.2 Å². The minimum absolute atomic E-state index is 0.131. The fourth-order valence-corrected chi connectivity index (χ4v) is 3.01. The molecule has 0 radical (unpaired) electrons. The molecule has 0 aliphatic carbocycles. The molecule has 5 nitrogen and oxygen atoms in total. The highest BCUT2D eigenvalue weighted by atomic mass is 16.5. The molecule has 3 rings (SSSR count). The van der Waals surface area contributed by atoms with Crippen molar-refractivity contribution in [3.05, 3.63) is 102 Å². The molecule has 0 aromatic heterocycles. The van der Waals surface area contributed by atoms with Crippen LogP contribution in [0.4, 0.5) is 0 Å². The highest BCUT2D eigenvalue weighted by Gasteiger charge is 2.13. The average Bonchev–Trinajstić information content (AvgIpc) is 2.80. The molecule has 2 N–H and O–H groups in total. The standard InChI is InChI=1S/C25H26N2O3/c28-24(26-17-9-14-20-10-3-1-4-11-20)19-30-23-16-8-7-15-22(23)25(29)27-18-21-12-5-2-6-13-21/h1-8,10-13,15-16H,9,14,17-19H2,(H,26,28)(H,27,29). The third-order valence-corrected chi connectivity index (χ3v) is 4.59. The van der Waals surface area contributed by atoms with Gasteiger partial charge in [0.2, 0.25) is 0 Å². The van der Waals surface area contributed by atoms with Gasteiger partial charge in [0.15, 0.2) is 6.61 Å². The Morgan fingerprint density at radius 2 is 1.37 bits per heavy atom. The van der Waals surface area contributed by atoms with Crippen molar-refractivity contribution in [1.82, 2.24) is 10.6 Å². The zero-order valence-electron chi connectivity index (χ0n) is 16.8. The van der Waals surface area contributed by atoms with E-state index in [1.54, 1.807) is 24.3 Å². The van der Waals surface area contributed by atoms with E-state index in [1.807, 2.05) is 48.5 Å². The third kappa shape index (κ3) is 6.78. The molecule has 2 amide bonds. The number of amides is 2. The largest absolute Gasteiger partial charge is 0.483 e. The Morgan fingerprint density at radius 1 is 0.733 bits per heavy atom. The van der Waals surface area contributed by atoms with E-state index in [0.29, 0.717) is 24.4 Å². The molecule has 3 aromatic rings. The summed E-state index contributed by atoms with van der Waals surface area (Å²) < 4.78 is 5.61. The lowest BCUT2D eigenvalue weighted by atomic mass is 10.1. The molecule has 30 heavy (non-hydrogen) atoms. The lowest BCUT2D eigenvalue weighted by Gasteiger charge is -2.12. The lowest BCUT2D eigenvalue weighted by molar-refractivity contribution is -0.123. The van der Waals surface area contributed by atoms with Gasteiger partial charge in [-0.15, -0.1) is 0 Å². The van der Waals surface area contributed by atoms with E-state index in [2.05, 4.69) is 22.8 Å². The van der Waals surface area contributed by atoms with Gasteiger partial charge in [-0.2, -0.15) is 0 Å². The first kappa shape index (κ1) is 21.1. The highest BCUT2D eigenvalue weighted by Crippen LogP contribution is 2.18. The van der Waals surface area contributed by atoms with E-state index in [1.165, 1.54) is 5.56 Å². The number of hydrogen-bond donors (Lipinski definition) is 2. The maximum atomic E-state index is 12.5. The quantitative estimate of drug-likeness (QED) is 0.508. The molecule has 0 aliphatic rings. The van der Waals surface area contributed by atoms with Crippen LogP contribution in [0.15, 0.2) is 84.9 Å². The van der Waals surface area contributed by atoms with Crippen LogP contribution in [-0.2, 0) is 17.8 Å². The fraction of sp³-hybridized carbons (Fsp3) is 0.200. The van der Waals surface area contributed by atoms with Crippen LogP contribution in [-0.4, -0.2) is 25.0 Å². The highest BCUT2D eigenvalue weighted by molar-refractivity contribution is 5.97. The summed E-state index contributed by atoms with van der Waals surface area (Å²) in [6.45, 7) is 0.876. The predicted molar refractivity (Wildman–Crippen MR) is 117 cm³/mol. The lowest BCUT2D eigenvalue weighted by Crippen LogP contribution is -2.30. The van der Waals surface area contributed by atoms with E-state index >= 15 is 0 Å². The molecule has 0 bridgehead atoms. The summed E-state index contributed by atoms with van der Waals surface area (Å²) in [6, 6.07) is 26.8. The zero-order chi connectivity index (χ0) is 21.0. The number of carbonyl (C=O) groups is 2. The summed E-state index contributed by atoms with van der Waals surface area (Å²) in [7, 11) is 0. The summed E-state index contributed by atoms with van der Waals surface area (Å²) in [5.41, 5.74) is 2.67. The van der Waals surface area contributed by atoms with Gasteiger partial charge < -0.3 is 15.4 Å².